The minimum absolute atomic E-state index is 0.00178. The third kappa shape index (κ3) is 6.04. The van der Waals surface area contributed by atoms with E-state index in [0.717, 1.165) is 16.8 Å². The van der Waals surface area contributed by atoms with Gasteiger partial charge in [0.05, 0.1) is 12.1 Å². The lowest BCUT2D eigenvalue weighted by molar-refractivity contribution is -0.129. The van der Waals surface area contributed by atoms with Crippen LogP contribution in [0.1, 0.15) is 25.0 Å². The highest BCUT2D eigenvalue weighted by atomic mass is 16.2. The van der Waals surface area contributed by atoms with E-state index in [-0.39, 0.29) is 24.2 Å². The lowest BCUT2D eigenvalue weighted by Gasteiger charge is -2.22. The number of hydrogen-bond acceptors (Lipinski definition) is 3. The van der Waals surface area contributed by atoms with E-state index in [0.29, 0.717) is 13.0 Å². The summed E-state index contributed by atoms with van der Waals surface area (Å²) in [6, 6.07) is 18.9. The zero-order valence-electron chi connectivity index (χ0n) is 17.4. The Hall–Kier alpha value is -3.41. The van der Waals surface area contributed by atoms with Crippen LogP contribution in [0.4, 0.5) is 0 Å². The van der Waals surface area contributed by atoms with E-state index in [1.165, 1.54) is 0 Å². The molecule has 0 saturated carbocycles. The van der Waals surface area contributed by atoms with Crippen molar-refractivity contribution in [2.45, 2.75) is 32.7 Å². The molecule has 0 fully saturated rings. The minimum Gasteiger partial charge on any atom is -0.354 e. The predicted octanol–water partition coefficient (Wildman–Crippen LogP) is 2.91. The van der Waals surface area contributed by atoms with Gasteiger partial charge in [0.1, 0.15) is 6.04 Å². The fourth-order valence-electron chi connectivity index (χ4n) is 3.22. The van der Waals surface area contributed by atoms with Gasteiger partial charge < -0.3 is 10.6 Å². The van der Waals surface area contributed by atoms with Crippen LogP contribution < -0.4 is 10.6 Å². The molecular formula is C24H28N4O2. The van der Waals surface area contributed by atoms with Crippen molar-refractivity contribution < 1.29 is 9.59 Å². The SMILES string of the molecule is CC(C)C(NC(=O)Cc1ccccc1)C(=O)NCCc1ccc(-n2cccn2)cc1. The summed E-state index contributed by atoms with van der Waals surface area (Å²) < 4.78 is 1.80. The summed E-state index contributed by atoms with van der Waals surface area (Å²) in [6.45, 7) is 4.37. The molecule has 1 unspecified atom stereocenters. The number of amides is 2. The number of rotatable bonds is 9. The van der Waals surface area contributed by atoms with Crippen LogP contribution in [0, 0.1) is 5.92 Å². The van der Waals surface area contributed by atoms with Gasteiger partial charge in [0.2, 0.25) is 11.8 Å². The lowest BCUT2D eigenvalue weighted by atomic mass is 10.0. The molecule has 30 heavy (non-hydrogen) atoms. The van der Waals surface area contributed by atoms with E-state index in [1.807, 2.05) is 80.7 Å². The number of carbonyl (C=O) groups is 2. The number of aromatic nitrogens is 2. The van der Waals surface area contributed by atoms with Gasteiger partial charge in [0, 0.05) is 18.9 Å². The summed E-state index contributed by atoms with van der Waals surface area (Å²) >= 11 is 0. The molecule has 2 aromatic carbocycles. The molecule has 3 aromatic rings. The van der Waals surface area contributed by atoms with Crippen molar-refractivity contribution in [3.8, 4) is 5.69 Å². The molecule has 0 aliphatic carbocycles. The first-order valence-electron chi connectivity index (χ1n) is 10.2. The van der Waals surface area contributed by atoms with Crippen molar-refractivity contribution in [1.29, 1.82) is 0 Å². The first kappa shape index (κ1) is 21.3. The Labute approximate surface area is 177 Å². The smallest absolute Gasteiger partial charge is 0.242 e. The minimum atomic E-state index is -0.552. The highest BCUT2D eigenvalue weighted by Gasteiger charge is 2.23. The van der Waals surface area contributed by atoms with Crippen molar-refractivity contribution >= 4 is 11.8 Å². The monoisotopic (exact) mass is 404 g/mol. The van der Waals surface area contributed by atoms with E-state index in [1.54, 1.807) is 10.9 Å². The topological polar surface area (TPSA) is 76.0 Å². The Bertz CT molecular complexity index is 935. The predicted molar refractivity (Wildman–Crippen MR) is 117 cm³/mol. The molecule has 6 heteroatoms. The van der Waals surface area contributed by atoms with Crippen LogP contribution in [-0.2, 0) is 22.4 Å². The molecule has 1 atom stereocenters. The highest BCUT2D eigenvalue weighted by molar-refractivity contribution is 5.88. The molecule has 3 rings (SSSR count). The Morgan fingerprint density at radius 1 is 0.967 bits per heavy atom. The third-order valence-electron chi connectivity index (χ3n) is 4.89. The number of nitrogens with zero attached hydrogens (tertiary/aromatic N) is 2. The molecule has 1 aromatic heterocycles. The maximum atomic E-state index is 12.6. The van der Waals surface area contributed by atoms with Crippen molar-refractivity contribution in [3.63, 3.8) is 0 Å². The summed E-state index contributed by atoms with van der Waals surface area (Å²) in [5, 5.41) is 10.0. The summed E-state index contributed by atoms with van der Waals surface area (Å²) in [5.74, 6) is -0.304. The van der Waals surface area contributed by atoms with Gasteiger partial charge in [-0.25, -0.2) is 4.68 Å². The van der Waals surface area contributed by atoms with Gasteiger partial charge in [-0.2, -0.15) is 5.10 Å². The van der Waals surface area contributed by atoms with Crippen LogP contribution in [0.15, 0.2) is 73.1 Å². The second-order valence-corrected chi connectivity index (χ2v) is 7.61. The van der Waals surface area contributed by atoms with E-state index in [9.17, 15) is 9.59 Å². The Balaban J connectivity index is 1.48. The van der Waals surface area contributed by atoms with Gasteiger partial charge in [-0.15, -0.1) is 0 Å². The van der Waals surface area contributed by atoms with Crippen LogP contribution in [0.5, 0.6) is 0 Å². The lowest BCUT2D eigenvalue weighted by Crippen LogP contribution is -2.50. The standard InChI is InChI=1S/C24H28N4O2/c1-18(2)23(27-22(29)17-20-7-4-3-5-8-20)24(30)25-15-13-19-9-11-21(12-10-19)28-16-6-14-26-28/h3-12,14,16,18,23H,13,15,17H2,1-2H3,(H,25,30)(H,27,29). The Morgan fingerprint density at radius 3 is 2.33 bits per heavy atom. The van der Waals surface area contributed by atoms with Gasteiger partial charge in [-0.3, -0.25) is 9.59 Å². The normalized spacial score (nSPS) is 11.8. The van der Waals surface area contributed by atoms with Crippen LogP contribution >= 0.6 is 0 Å². The van der Waals surface area contributed by atoms with Crippen LogP contribution in [0.3, 0.4) is 0 Å². The maximum absolute atomic E-state index is 12.6. The summed E-state index contributed by atoms with van der Waals surface area (Å²) in [5.41, 5.74) is 3.05. The Kier molecular flexibility index (Phi) is 7.38. The van der Waals surface area contributed by atoms with E-state index in [2.05, 4.69) is 15.7 Å². The second kappa shape index (κ2) is 10.4. The zero-order valence-corrected chi connectivity index (χ0v) is 17.4. The molecule has 156 valence electrons. The quantitative estimate of drug-likeness (QED) is 0.576. The maximum Gasteiger partial charge on any atom is 0.242 e. The molecule has 0 saturated heterocycles. The van der Waals surface area contributed by atoms with Crippen LogP contribution in [0.2, 0.25) is 0 Å². The zero-order chi connectivity index (χ0) is 21.3. The van der Waals surface area contributed by atoms with Crippen LogP contribution in [-0.4, -0.2) is 34.2 Å². The molecule has 0 radical (unpaired) electrons. The van der Waals surface area contributed by atoms with Crippen molar-refractivity contribution in [3.05, 3.63) is 84.2 Å². The largest absolute Gasteiger partial charge is 0.354 e. The van der Waals surface area contributed by atoms with Crippen molar-refractivity contribution in [2.75, 3.05) is 6.54 Å². The van der Waals surface area contributed by atoms with Crippen molar-refractivity contribution in [2.24, 2.45) is 5.92 Å². The molecule has 0 aliphatic heterocycles. The van der Waals surface area contributed by atoms with Gasteiger partial charge in [-0.05, 0) is 41.7 Å². The molecule has 6 nitrogen and oxygen atoms in total. The van der Waals surface area contributed by atoms with Gasteiger partial charge in [0.25, 0.3) is 0 Å². The third-order valence-corrected chi connectivity index (χ3v) is 4.89. The fourth-order valence-corrected chi connectivity index (χ4v) is 3.22. The molecule has 0 spiro atoms. The van der Waals surface area contributed by atoms with E-state index >= 15 is 0 Å². The molecule has 1 heterocycles. The Morgan fingerprint density at radius 2 is 1.70 bits per heavy atom. The molecular weight excluding hydrogens is 376 g/mol. The second-order valence-electron chi connectivity index (χ2n) is 7.61. The molecule has 0 bridgehead atoms. The molecule has 2 N–H and O–H groups in total. The summed E-state index contributed by atoms with van der Waals surface area (Å²) in [6.07, 6.45) is 4.62. The van der Waals surface area contributed by atoms with Crippen LogP contribution in [0.25, 0.3) is 5.69 Å². The highest BCUT2D eigenvalue weighted by Crippen LogP contribution is 2.09. The van der Waals surface area contributed by atoms with Crippen molar-refractivity contribution in [1.82, 2.24) is 20.4 Å². The van der Waals surface area contributed by atoms with Gasteiger partial charge in [-0.1, -0.05) is 56.3 Å². The number of hydrogen-bond donors (Lipinski definition) is 2. The van der Waals surface area contributed by atoms with E-state index in [4.69, 9.17) is 0 Å². The average molecular weight is 405 g/mol. The van der Waals surface area contributed by atoms with E-state index < -0.39 is 6.04 Å². The van der Waals surface area contributed by atoms with Gasteiger partial charge in [0.15, 0.2) is 0 Å². The number of benzene rings is 2. The summed E-state index contributed by atoms with van der Waals surface area (Å²) in [4.78, 5) is 25.0. The fraction of sp³-hybridized carbons (Fsp3) is 0.292. The molecule has 0 aliphatic rings. The van der Waals surface area contributed by atoms with Gasteiger partial charge >= 0.3 is 0 Å². The summed E-state index contributed by atoms with van der Waals surface area (Å²) in [7, 11) is 0. The first-order chi connectivity index (χ1) is 14.5. The number of carbonyl (C=O) groups excluding carboxylic acids is 2. The number of nitrogens with one attached hydrogen (secondary N) is 2. The molecule has 2 amide bonds. The average Bonchev–Trinajstić information content (AvgIpc) is 3.28. The first-order valence-corrected chi connectivity index (χ1v) is 10.2.